The van der Waals surface area contributed by atoms with Gasteiger partial charge in [0.2, 0.25) is 5.91 Å². The highest BCUT2D eigenvalue weighted by molar-refractivity contribution is 7.13. The van der Waals surface area contributed by atoms with Gasteiger partial charge in [0.1, 0.15) is 5.76 Å². The molecule has 2 aromatic rings. The first-order valence-corrected chi connectivity index (χ1v) is 6.73. The van der Waals surface area contributed by atoms with Gasteiger partial charge >= 0.3 is 0 Å². The molecule has 0 aromatic carbocycles. The Morgan fingerprint density at radius 1 is 1.50 bits per heavy atom. The van der Waals surface area contributed by atoms with E-state index in [1.165, 1.54) is 11.3 Å². The minimum absolute atomic E-state index is 0.00234. The summed E-state index contributed by atoms with van der Waals surface area (Å²) in [6, 6.07) is 3.96. The van der Waals surface area contributed by atoms with Crippen LogP contribution in [0.2, 0.25) is 0 Å². The van der Waals surface area contributed by atoms with Crippen LogP contribution in [0.3, 0.4) is 0 Å². The van der Waals surface area contributed by atoms with Crippen LogP contribution in [0.4, 0.5) is 0 Å². The van der Waals surface area contributed by atoms with Crippen LogP contribution in [0.15, 0.2) is 21.9 Å². The van der Waals surface area contributed by atoms with Crippen molar-refractivity contribution in [2.75, 3.05) is 0 Å². The Bertz CT molecular complexity index is 543. The third kappa shape index (κ3) is 3.20. The molecule has 96 valence electrons. The molecule has 5 heteroatoms. The lowest BCUT2D eigenvalue weighted by Gasteiger charge is -2.06. The highest BCUT2D eigenvalue weighted by Gasteiger charge is 2.11. The van der Waals surface area contributed by atoms with E-state index in [4.69, 9.17) is 4.42 Å². The van der Waals surface area contributed by atoms with E-state index in [9.17, 15) is 4.79 Å². The maximum Gasteiger partial charge on any atom is 0.226 e. The molecule has 0 unspecified atom stereocenters. The maximum absolute atomic E-state index is 11.6. The van der Waals surface area contributed by atoms with Gasteiger partial charge in [-0.1, -0.05) is 0 Å². The number of thiazole rings is 1. The molecule has 0 bridgehead atoms. The Morgan fingerprint density at radius 2 is 2.28 bits per heavy atom. The molecule has 1 amide bonds. The van der Waals surface area contributed by atoms with Crippen molar-refractivity contribution in [3.05, 3.63) is 29.0 Å². The summed E-state index contributed by atoms with van der Waals surface area (Å²) in [6.45, 7) is 5.78. The predicted molar refractivity (Wildman–Crippen MR) is 71.5 cm³/mol. The molecule has 1 N–H and O–H groups in total. The van der Waals surface area contributed by atoms with Crippen molar-refractivity contribution < 1.29 is 9.21 Å². The molecule has 18 heavy (non-hydrogen) atoms. The molecule has 0 radical (unpaired) electrons. The fourth-order valence-electron chi connectivity index (χ4n) is 1.59. The molecule has 0 atom stereocenters. The Morgan fingerprint density at radius 3 is 2.89 bits per heavy atom. The zero-order chi connectivity index (χ0) is 13.1. The number of hydrogen-bond acceptors (Lipinski definition) is 4. The topological polar surface area (TPSA) is 55.1 Å². The average molecular weight is 264 g/mol. The maximum atomic E-state index is 11.6. The lowest BCUT2D eigenvalue weighted by molar-refractivity contribution is -0.120. The van der Waals surface area contributed by atoms with Crippen LogP contribution in [0.5, 0.6) is 0 Å². The quantitative estimate of drug-likeness (QED) is 0.923. The highest BCUT2D eigenvalue weighted by Crippen LogP contribution is 2.25. The molecule has 0 aliphatic carbocycles. The standard InChI is InChI=1S/C13H16N2O2S/c1-8(2)14-12(16)6-10-7-18-13(15-10)11-5-4-9(3)17-11/h4-5,7-8H,6H2,1-3H3,(H,14,16). The second-order valence-corrected chi connectivity index (χ2v) is 5.31. The number of aryl methyl sites for hydroxylation is 1. The number of furan rings is 1. The van der Waals surface area contributed by atoms with Gasteiger partial charge in [-0.3, -0.25) is 4.79 Å². The van der Waals surface area contributed by atoms with Gasteiger partial charge in [0.05, 0.1) is 12.1 Å². The lowest BCUT2D eigenvalue weighted by Crippen LogP contribution is -2.31. The predicted octanol–water partition coefficient (Wildman–Crippen LogP) is 2.78. The second-order valence-electron chi connectivity index (χ2n) is 4.45. The van der Waals surface area contributed by atoms with Crippen LogP contribution < -0.4 is 5.32 Å². The van der Waals surface area contributed by atoms with Crippen LogP contribution in [0, 0.1) is 6.92 Å². The van der Waals surface area contributed by atoms with Crippen LogP contribution >= 0.6 is 11.3 Å². The number of nitrogens with one attached hydrogen (secondary N) is 1. The summed E-state index contributed by atoms with van der Waals surface area (Å²) in [7, 11) is 0. The Hall–Kier alpha value is -1.62. The molecule has 2 rings (SSSR count). The van der Waals surface area contributed by atoms with Gasteiger partial charge in [-0.25, -0.2) is 4.98 Å². The van der Waals surface area contributed by atoms with Crippen molar-refractivity contribution >= 4 is 17.2 Å². The lowest BCUT2D eigenvalue weighted by atomic mass is 10.3. The first-order chi connectivity index (χ1) is 8.54. The van der Waals surface area contributed by atoms with E-state index < -0.39 is 0 Å². The first kappa shape index (κ1) is 12.8. The van der Waals surface area contributed by atoms with Crippen LogP contribution in [0.1, 0.15) is 25.3 Å². The monoisotopic (exact) mass is 264 g/mol. The zero-order valence-corrected chi connectivity index (χ0v) is 11.5. The van der Waals surface area contributed by atoms with Crippen molar-refractivity contribution in [3.8, 4) is 10.8 Å². The van der Waals surface area contributed by atoms with Gasteiger partial charge < -0.3 is 9.73 Å². The third-order valence-corrected chi connectivity index (χ3v) is 3.20. The van der Waals surface area contributed by atoms with E-state index >= 15 is 0 Å². The van der Waals surface area contributed by atoms with Gasteiger partial charge in [0.15, 0.2) is 10.8 Å². The summed E-state index contributed by atoms with van der Waals surface area (Å²) in [5, 5.41) is 5.56. The molecule has 0 spiro atoms. The molecular weight excluding hydrogens is 248 g/mol. The highest BCUT2D eigenvalue weighted by atomic mass is 32.1. The largest absolute Gasteiger partial charge is 0.459 e. The summed E-state index contributed by atoms with van der Waals surface area (Å²) in [5.74, 6) is 1.62. The van der Waals surface area contributed by atoms with Gasteiger partial charge in [0.25, 0.3) is 0 Å². The SMILES string of the molecule is Cc1ccc(-c2nc(CC(=O)NC(C)C)cs2)o1. The van der Waals surface area contributed by atoms with Crippen molar-refractivity contribution in [2.45, 2.75) is 33.2 Å². The summed E-state index contributed by atoms with van der Waals surface area (Å²) in [4.78, 5) is 16.0. The number of nitrogens with zero attached hydrogens (tertiary/aromatic N) is 1. The van der Waals surface area contributed by atoms with Crippen molar-refractivity contribution in [3.63, 3.8) is 0 Å². The van der Waals surface area contributed by atoms with E-state index in [1.807, 2.05) is 38.3 Å². The summed E-state index contributed by atoms with van der Waals surface area (Å²) in [6.07, 6.45) is 0.314. The molecular formula is C13H16N2O2S. The fraction of sp³-hybridized carbons (Fsp3) is 0.385. The summed E-state index contributed by atoms with van der Waals surface area (Å²) in [5.41, 5.74) is 0.780. The molecule has 0 fully saturated rings. The normalized spacial score (nSPS) is 10.9. The summed E-state index contributed by atoms with van der Waals surface area (Å²) < 4.78 is 5.50. The fourth-order valence-corrected chi connectivity index (χ4v) is 2.37. The van der Waals surface area contributed by atoms with E-state index in [1.54, 1.807) is 0 Å². The third-order valence-electron chi connectivity index (χ3n) is 2.29. The number of carbonyl (C=O) groups excluding carboxylic acids is 1. The number of carbonyl (C=O) groups is 1. The molecule has 0 aliphatic rings. The van der Waals surface area contributed by atoms with Crippen LogP contribution in [-0.4, -0.2) is 16.9 Å². The van der Waals surface area contributed by atoms with E-state index in [0.717, 1.165) is 22.2 Å². The van der Waals surface area contributed by atoms with E-state index in [2.05, 4.69) is 10.3 Å². The number of aromatic nitrogens is 1. The van der Waals surface area contributed by atoms with Crippen molar-refractivity contribution in [1.29, 1.82) is 0 Å². The Balaban J connectivity index is 2.04. The Labute approximate surface area is 110 Å². The van der Waals surface area contributed by atoms with Crippen LogP contribution in [-0.2, 0) is 11.2 Å². The molecule has 2 heterocycles. The van der Waals surface area contributed by atoms with Gasteiger partial charge in [-0.2, -0.15) is 0 Å². The second kappa shape index (κ2) is 5.35. The number of amides is 1. The molecule has 0 saturated heterocycles. The Kier molecular flexibility index (Phi) is 3.81. The average Bonchev–Trinajstić information content (AvgIpc) is 2.85. The minimum Gasteiger partial charge on any atom is -0.459 e. The van der Waals surface area contributed by atoms with Gasteiger partial charge in [-0.05, 0) is 32.9 Å². The van der Waals surface area contributed by atoms with E-state index in [0.29, 0.717) is 6.42 Å². The van der Waals surface area contributed by atoms with Crippen LogP contribution in [0.25, 0.3) is 10.8 Å². The molecule has 0 saturated carbocycles. The first-order valence-electron chi connectivity index (χ1n) is 5.85. The number of hydrogen-bond donors (Lipinski definition) is 1. The van der Waals surface area contributed by atoms with E-state index in [-0.39, 0.29) is 11.9 Å². The van der Waals surface area contributed by atoms with Crippen molar-refractivity contribution in [1.82, 2.24) is 10.3 Å². The minimum atomic E-state index is -0.00234. The number of rotatable bonds is 4. The van der Waals surface area contributed by atoms with Gasteiger partial charge in [0, 0.05) is 11.4 Å². The zero-order valence-electron chi connectivity index (χ0n) is 10.7. The molecule has 0 aliphatic heterocycles. The summed E-state index contributed by atoms with van der Waals surface area (Å²) >= 11 is 1.49. The smallest absolute Gasteiger partial charge is 0.226 e. The molecule has 2 aromatic heterocycles. The molecule has 4 nitrogen and oxygen atoms in total. The van der Waals surface area contributed by atoms with Crippen molar-refractivity contribution in [2.24, 2.45) is 0 Å². The van der Waals surface area contributed by atoms with Gasteiger partial charge in [-0.15, -0.1) is 11.3 Å².